The third-order valence-corrected chi connectivity index (χ3v) is 3.74. The normalized spacial score (nSPS) is 12.1. The van der Waals surface area contributed by atoms with E-state index in [2.05, 4.69) is 5.32 Å². The number of likely N-dealkylation sites (N-methyl/N-ethyl adjacent to an activating group) is 1. The number of halogens is 1. The standard InChI is InChI=1S/C17H25ClN2O2/c1-5-20(6-2)17(22)15(11-12(3)4)19-16(21)13-7-9-14(18)10-8-13/h7-10,12,15H,5-6,11H2,1-4H3,(H,19,21). The highest BCUT2D eigenvalue weighted by atomic mass is 35.5. The number of rotatable bonds is 7. The van der Waals surface area contributed by atoms with Gasteiger partial charge in [0, 0.05) is 23.7 Å². The van der Waals surface area contributed by atoms with Gasteiger partial charge in [0.1, 0.15) is 6.04 Å². The van der Waals surface area contributed by atoms with Crippen LogP contribution in [0, 0.1) is 5.92 Å². The molecule has 0 spiro atoms. The van der Waals surface area contributed by atoms with Crippen LogP contribution < -0.4 is 5.32 Å². The van der Waals surface area contributed by atoms with E-state index in [1.165, 1.54) is 0 Å². The lowest BCUT2D eigenvalue weighted by atomic mass is 10.0. The van der Waals surface area contributed by atoms with Crippen molar-refractivity contribution in [1.82, 2.24) is 10.2 Å². The zero-order valence-corrected chi connectivity index (χ0v) is 14.5. The van der Waals surface area contributed by atoms with E-state index >= 15 is 0 Å². The summed E-state index contributed by atoms with van der Waals surface area (Å²) in [7, 11) is 0. The molecule has 0 saturated heterocycles. The van der Waals surface area contributed by atoms with Crippen molar-refractivity contribution in [3.63, 3.8) is 0 Å². The van der Waals surface area contributed by atoms with Gasteiger partial charge in [-0.25, -0.2) is 0 Å². The minimum atomic E-state index is -0.497. The number of amides is 2. The number of hydrogen-bond donors (Lipinski definition) is 1. The first-order valence-corrected chi connectivity index (χ1v) is 8.12. The van der Waals surface area contributed by atoms with Crippen LogP contribution in [0.4, 0.5) is 0 Å². The third-order valence-electron chi connectivity index (χ3n) is 3.49. The van der Waals surface area contributed by atoms with Gasteiger partial charge in [-0.3, -0.25) is 9.59 Å². The van der Waals surface area contributed by atoms with Crippen LogP contribution in [0.5, 0.6) is 0 Å². The van der Waals surface area contributed by atoms with Gasteiger partial charge in [0.2, 0.25) is 5.91 Å². The van der Waals surface area contributed by atoms with Crippen LogP contribution in [0.25, 0.3) is 0 Å². The SMILES string of the molecule is CCN(CC)C(=O)C(CC(C)C)NC(=O)c1ccc(Cl)cc1. The summed E-state index contributed by atoms with van der Waals surface area (Å²) >= 11 is 5.83. The Balaban J connectivity index is 2.86. The van der Waals surface area contributed by atoms with Crippen molar-refractivity contribution >= 4 is 23.4 Å². The summed E-state index contributed by atoms with van der Waals surface area (Å²) < 4.78 is 0. The van der Waals surface area contributed by atoms with Gasteiger partial charge >= 0.3 is 0 Å². The predicted molar refractivity (Wildman–Crippen MR) is 90.1 cm³/mol. The van der Waals surface area contributed by atoms with Gasteiger partial charge in [0.25, 0.3) is 5.91 Å². The van der Waals surface area contributed by atoms with Crippen molar-refractivity contribution < 1.29 is 9.59 Å². The monoisotopic (exact) mass is 324 g/mol. The van der Waals surface area contributed by atoms with Crippen LogP contribution in [0.2, 0.25) is 5.02 Å². The first-order valence-electron chi connectivity index (χ1n) is 7.74. The molecule has 1 atom stereocenters. The molecule has 1 rings (SSSR count). The molecule has 4 nitrogen and oxygen atoms in total. The molecule has 2 amide bonds. The Bertz CT molecular complexity index is 496. The van der Waals surface area contributed by atoms with E-state index < -0.39 is 6.04 Å². The van der Waals surface area contributed by atoms with Gasteiger partial charge in [0.15, 0.2) is 0 Å². The zero-order valence-electron chi connectivity index (χ0n) is 13.7. The number of carbonyl (C=O) groups is 2. The van der Waals surface area contributed by atoms with Crippen LogP contribution >= 0.6 is 11.6 Å². The van der Waals surface area contributed by atoms with E-state index in [9.17, 15) is 9.59 Å². The Hall–Kier alpha value is -1.55. The molecule has 0 fully saturated rings. The van der Waals surface area contributed by atoms with Gasteiger partial charge in [-0.05, 0) is 50.5 Å². The van der Waals surface area contributed by atoms with E-state index in [-0.39, 0.29) is 11.8 Å². The summed E-state index contributed by atoms with van der Waals surface area (Å²) in [6, 6.07) is 6.15. The largest absolute Gasteiger partial charge is 0.341 e. The highest BCUT2D eigenvalue weighted by molar-refractivity contribution is 6.30. The Kier molecular flexibility index (Phi) is 7.39. The Morgan fingerprint density at radius 2 is 1.68 bits per heavy atom. The van der Waals surface area contributed by atoms with Gasteiger partial charge in [-0.2, -0.15) is 0 Å². The maximum absolute atomic E-state index is 12.6. The van der Waals surface area contributed by atoms with Crippen molar-refractivity contribution in [1.29, 1.82) is 0 Å². The number of hydrogen-bond acceptors (Lipinski definition) is 2. The van der Waals surface area contributed by atoms with Gasteiger partial charge < -0.3 is 10.2 Å². The average Bonchev–Trinajstić information content (AvgIpc) is 2.47. The molecule has 0 aromatic heterocycles. The van der Waals surface area contributed by atoms with Gasteiger partial charge in [-0.1, -0.05) is 25.4 Å². The van der Waals surface area contributed by atoms with Gasteiger partial charge in [-0.15, -0.1) is 0 Å². The Morgan fingerprint density at radius 3 is 2.14 bits per heavy atom. The third kappa shape index (κ3) is 5.34. The maximum atomic E-state index is 12.6. The molecule has 0 heterocycles. The van der Waals surface area contributed by atoms with Crippen molar-refractivity contribution in [3.05, 3.63) is 34.9 Å². The fourth-order valence-corrected chi connectivity index (χ4v) is 2.42. The number of benzene rings is 1. The fourth-order valence-electron chi connectivity index (χ4n) is 2.29. The van der Waals surface area contributed by atoms with Crippen LogP contribution in [0.1, 0.15) is 44.5 Å². The molecule has 0 bridgehead atoms. The summed E-state index contributed by atoms with van der Waals surface area (Å²) in [6.45, 7) is 9.24. The molecule has 1 unspecified atom stereocenters. The number of carbonyl (C=O) groups excluding carboxylic acids is 2. The quantitative estimate of drug-likeness (QED) is 0.836. The second kappa shape index (κ2) is 8.79. The highest BCUT2D eigenvalue weighted by Crippen LogP contribution is 2.12. The molecule has 22 heavy (non-hydrogen) atoms. The molecule has 1 aromatic rings. The van der Waals surface area contributed by atoms with E-state index in [1.807, 2.05) is 27.7 Å². The van der Waals surface area contributed by atoms with Crippen LogP contribution in [0.15, 0.2) is 24.3 Å². The van der Waals surface area contributed by atoms with Crippen molar-refractivity contribution in [3.8, 4) is 0 Å². The zero-order chi connectivity index (χ0) is 16.7. The van der Waals surface area contributed by atoms with Crippen molar-refractivity contribution in [2.24, 2.45) is 5.92 Å². The lowest BCUT2D eigenvalue weighted by Crippen LogP contribution is -2.49. The molecule has 0 aliphatic heterocycles. The van der Waals surface area contributed by atoms with Crippen molar-refractivity contribution in [2.45, 2.75) is 40.2 Å². The Labute approximate surface area is 137 Å². The molecular formula is C17H25ClN2O2. The highest BCUT2D eigenvalue weighted by Gasteiger charge is 2.25. The molecule has 1 aromatic carbocycles. The minimum Gasteiger partial charge on any atom is -0.341 e. The lowest BCUT2D eigenvalue weighted by molar-refractivity contribution is -0.133. The van der Waals surface area contributed by atoms with Crippen LogP contribution in [0.3, 0.4) is 0 Å². The summed E-state index contributed by atoms with van der Waals surface area (Å²) in [5, 5.41) is 3.44. The van der Waals surface area contributed by atoms with Gasteiger partial charge in [0.05, 0.1) is 0 Å². The molecule has 0 saturated carbocycles. The molecule has 0 aliphatic carbocycles. The topological polar surface area (TPSA) is 49.4 Å². The number of nitrogens with zero attached hydrogens (tertiary/aromatic N) is 1. The van der Waals surface area contributed by atoms with E-state index in [0.717, 1.165) is 0 Å². The minimum absolute atomic E-state index is 0.0268. The second-order valence-corrected chi connectivity index (χ2v) is 6.11. The summed E-state index contributed by atoms with van der Waals surface area (Å²) in [5.41, 5.74) is 0.505. The predicted octanol–water partition coefficient (Wildman–Crippen LogP) is 3.35. The number of nitrogens with one attached hydrogen (secondary N) is 1. The molecule has 0 aliphatic rings. The van der Waals surface area contributed by atoms with E-state index in [0.29, 0.717) is 36.0 Å². The van der Waals surface area contributed by atoms with Crippen LogP contribution in [-0.4, -0.2) is 35.8 Å². The van der Waals surface area contributed by atoms with E-state index in [1.54, 1.807) is 29.2 Å². The lowest BCUT2D eigenvalue weighted by Gasteiger charge is -2.27. The molecule has 122 valence electrons. The summed E-state index contributed by atoms with van der Waals surface area (Å²) in [6.07, 6.45) is 0.620. The first kappa shape index (κ1) is 18.5. The molecule has 0 radical (unpaired) electrons. The van der Waals surface area contributed by atoms with Crippen LogP contribution in [-0.2, 0) is 4.79 Å². The van der Waals surface area contributed by atoms with E-state index in [4.69, 9.17) is 11.6 Å². The fraction of sp³-hybridized carbons (Fsp3) is 0.529. The Morgan fingerprint density at radius 1 is 1.14 bits per heavy atom. The van der Waals surface area contributed by atoms with Crippen molar-refractivity contribution in [2.75, 3.05) is 13.1 Å². The first-order chi connectivity index (χ1) is 10.4. The average molecular weight is 325 g/mol. The smallest absolute Gasteiger partial charge is 0.251 e. The second-order valence-electron chi connectivity index (χ2n) is 5.67. The molecule has 5 heteroatoms. The maximum Gasteiger partial charge on any atom is 0.251 e. The summed E-state index contributed by atoms with van der Waals surface area (Å²) in [4.78, 5) is 26.6. The molecule has 1 N–H and O–H groups in total. The summed E-state index contributed by atoms with van der Waals surface area (Å²) in [5.74, 6) is 0.0406. The molecular weight excluding hydrogens is 300 g/mol.